The molecule has 0 spiro atoms. The highest BCUT2D eigenvalue weighted by molar-refractivity contribution is 7.15. The van der Waals surface area contributed by atoms with Gasteiger partial charge in [-0.3, -0.25) is 4.79 Å². The van der Waals surface area contributed by atoms with Crippen LogP contribution in [0.15, 0.2) is 30.3 Å². The summed E-state index contributed by atoms with van der Waals surface area (Å²) in [4.78, 5) is 25.4. The van der Waals surface area contributed by atoms with Gasteiger partial charge in [0.2, 0.25) is 0 Å². The fourth-order valence-corrected chi connectivity index (χ4v) is 3.10. The molecule has 4 nitrogen and oxygen atoms in total. The molecule has 1 aromatic carbocycles. The Morgan fingerprint density at radius 1 is 1.17 bits per heavy atom. The van der Waals surface area contributed by atoms with E-state index in [4.69, 9.17) is 5.11 Å². The van der Waals surface area contributed by atoms with Crippen molar-refractivity contribution in [1.82, 2.24) is 4.90 Å². The summed E-state index contributed by atoms with van der Waals surface area (Å²) >= 11 is 0.895. The first-order valence-corrected chi connectivity index (χ1v) is 7.85. The van der Waals surface area contributed by atoms with Gasteiger partial charge in [-0.25, -0.2) is 13.6 Å². The van der Waals surface area contributed by atoms with E-state index in [1.165, 1.54) is 23.1 Å². The second kappa shape index (κ2) is 6.08. The largest absolute Gasteiger partial charge is 0.477 e. The lowest BCUT2D eigenvalue weighted by molar-refractivity contribution is 0.0700. The van der Waals surface area contributed by atoms with E-state index in [0.717, 1.165) is 36.3 Å². The number of carbonyl (C=O) groups is 2. The van der Waals surface area contributed by atoms with Gasteiger partial charge in [-0.2, -0.15) is 0 Å². The van der Waals surface area contributed by atoms with Crippen LogP contribution in [0.2, 0.25) is 0 Å². The van der Waals surface area contributed by atoms with Gasteiger partial charge < -0.3 is 10.0 Å². The predicted octanol–water partition coefficient (Wildman–Crippen LogP) is 3.53. The third-order valence-corrected chi connectivity index (χ3v) is 4.69. The van der Waals surface area contributed by atoms with Gasteiger partial charge in [0.25, 0.3) is 5.91 Å². The first kappa shape index (κ1) is 15.6. The summed E-state index contributed by atoms with van der Waals surface area (Å²) in [6.07, 6.45) is 1.65. The highest BCUT2D eigenvalue weighted by atomic mass is 32.1. The lowest BCUT2D eigenvalue weighted by Gasteiger charge is -2.22. The van der Waals surface area contributed by atoms with Gasteiger partial charge in [-0.15, -0.1) is 11.3 Å². The number of nitrogens with zero attached hydrogens (tertiary/aromatic N) is 1. The number of halogens is 2. The van der Waals surface area contributed by atoms with Crippen molar-refractivity contribution >= 4 is 23.2 Å². The second-order valence-corrected chi connectivity index (χ2v) is 6.45. The molecule has 23 heavy (non-hydrogen) atoms. The summed E-state index contributed by atoms with van der Waals surface area (Å²) in [5.74, 6) is -2.77. The Kier molecular flexibility index (Phi) is 4.12. The van der Waals surface area contributed by atoms with Crippen LogP contribution in [0.25, 0.3) is 0 Å². The standard InChI is InChI=1S/C16H13F2NO3S/c17-10-2-1-9(12(18)7-10)8-19(11-3-4-11)15(20)13-5-6-14(23-13)16(21)22/h1-2,5-7,11H,3-4,8H2,(H,21,22). The van der Waals surface area contributed by atoms with E-state index < -0.39 is 17.6 Å². The Morgan fingerprint density at radius 2 is 1.87 bits per heavy atom. The van der Waals surface area contributed by atoms with Crippen LogP contribution in [-0.4, -0.2) is 27.9 Å². The van der Waals surface area contributed by atoms with Gasteiger partial charge >= 0.3 is 5.97 Å². The van der Waals surface area contributed by atoms with Crippen LogP contribution in [0.1, 0.15) is 37.7 Å². The van der Waals surface area contributed by atoms with E-state index in [1.807, 2.05) is 0 Å². The summed E-state index contributed by atoms with van der Waals surface area (Å²) in [6, 6.07) is 6.13. The molecule has 2 aromatic rings. The van der Waals surface area contributed by atoms with Crippen molar-refractivity contribution in [3.63, 3.8) is 0 Å². The fourth-order valence-electron chi connectivity index (χ4n) is 2.30. The van der Waals surface area contributed by atoms with Gasteiger partial charge in [0.05, 0.1) is 4.88 Å². The Morgan fingerprint density at radius 3 is 2.43 bits per heavy atom. The SMILES string of the molecule is O=C(O)c1ccc(C(=O)N(Cc2ccc(F)cc2F)C2CC2)s1. The molecule has 0 unspecified atom stereocenters. The van der Waals surface area contributed by atoms with Crippen LogP contribution < -0.4 is 0 Å². The van der Waals surface area contributed by atoms with Crippen LogP contribution in [0, 0.1) is 11.6 Å². The third-order valence-electron chi connectivity index (χ3n) is 3.63. The average Bonchev–Trinajstić information content (AvgIpc) is 3.21. The summed E-state index contributed by atoms with van der Waals surface area (Å²) in [6.45, 7) is 0.0376. The normalized spacial score (nSPS) is 13.8. The highest BCUT2D eigenvalue weighted by Crippen LogP contribution is 2.31. The second-order valence-electron chi connectivity index (χ2n) is 5.37. The zero-order valence-corrected chi connectivity index (χ0v) is 12.8. The maximum Gasteiger partial charge on any atom is 0.345 e. The number of carboxylic acid groups (broad SMARTS) is 1. The minimum Gasteiger partial charge on any atom is -0.477 e. The lowest BCUT2D eigenvalue weighted by Crippen LogP contribution is -2.32. The van der Waals surface area contributed by atoms with Crippen molar-refractivity contribution in [2.45, 2.75) is 25.4 Å². The van der Waals surface area contributed by atoms with Crippen LogP contribution >= 0.6 is 11.3 Å². The molecule has 1 aliphatic rings. The number of thiophene rings is 1. The number of amides is 1. The van der Waals surface area contributed by atoms with Gasteiger partial charge in [0, 0.05) is 24.2 Å². The highest BCUT2D eigenvalue weighted by Gasteiger charge is 2.34. The monoisotopic (exact) mass is 337 g/mol. The Labute approximate surface area is 135 Å². The molecule has 0 bridgehead atoms. The predicted molar refractivity (Wildman–Crippen MR) is 80.5 cm³/mol. The van der Waals surface area contributed by atoms with Crippen LogP contribution in [-0.2, 0) is 6.54 Å². The Bertz CT molecular complexity index is 770. The summed E-state index contributed by atoms with van der Waals surface area (Å²) in [5, 5.41) is 8.94. The topological polar surface area (TPSA) is 57.6 Å². The average molecular weight is 337 g/mol. The molecule has 1 N–H and O–H groups in total. The molecule has 7 heteroatoms. The Balaban J connectivity index is 1.83. The smallest absolute Gasteiger partial charge is 0.345 e. The molecule has 120 valence electrons. The molecular formula is C16H13F2NO3S. The number of rotatable bonds is 5. The summed E-state index contributed by atoms with van der Waals surface area (Å²) in [5.41, 5.74) is 0.238. The zero-order chi connectivity index (χ0) is 16.6. The number of carbonyl (C=O) groups excluding carboxylic acids is 1. The van der Waals surface area contributed by atoms with Crippen molar-refractivity contribution in [1.29, 1.82) is 0 Å². The molecule has 1 aliphatic carbocycles. The molecule has 1 heterocycles. The summed E-state index contributed by atoms with van der Waals surface area (Å²) in [7, 11) is 0. The maximum atomic E-state index is 13.8. The zero-order valence-electron chi connectivity index (χ0n) is 12.0. The molecule has 1 fully saturated rings. The molecule has 0 radical (unpaired) electrons. The van der Waals surface area contributed by atoms with E-state index in [0.29, 0.717) is 4.88 Å². The molecule has 3 rings (SSSR count). The van der Waals surface area contributed by atoms with Gasteiger partial charge in [-0.1, -0.05) is 6.07 Å². The van der Waals surface area contributed by atoms with Crippen molar-refractivity contribution < 1.29 is 23.5 Å². The molecular weight excluding hydrogens is 324 g/mol. The van der Waals surface area contributed by atoms with E-state index in [2.05, 4.69) is 0 Å². The van der Waals surface area contributed by atoms with Crippen LogP contribution in [0.3, 0.4) is 0 Å². The molecule has 1 aromatic heterocycles. The number of benzene rings is 1. The first-order chi connectivity index (χ1) is 11.0. The number of hydrogen-bond acceptors (Lipinski definition) is 3. The maximum absolute atomic E-state index is 13.8. The molecule has 1 amide bonds. The lowest BCUT2D eigenvalue weighted by atomic mass is 10.2. The van der Waals surface area contributed by atoms with Crippen molar-refractivity contribution in [3.05, 3.63) is 57.3 Å². The first-order valence-electron chi connectivity index (χ1n) is 7.03. The molecule has 1 saturated carbocycles. The Hall–Kier alpha value is -2.28. The van der Waals surface area contributed by atoms with Crippen molar-refractivity contribution in [2.24, 2.45) is 0 Å². The van der Waals surface area contributed by atoms with Crippen LogP contribution in [0.4, 0.5) is 8.78 Å². The number of hydrogen-bond donors (Lipinski definition) is 1. The quantitative estimate of drug-likeness (QED) is 0.908. The molecule has 0 aliphatic heterocycles. The van der Waals surface area contributed by atoms with Crippen molar-refractivity contribution in [3.8, 4) is 0 Å². The number of aromatic carboxylic acids is 1. The van der Waals surface area contributed by atoms with Gasteiger partial charge in [0.15, 0.2) is 0 Å². The fraction of sp³-hybridized carbons (Fsp3) is 0.250. The molecule has 0 atom stereocenters. The van der Waals surface area contributed by atoms with E-state index in [1.54, 1.807) is 0 Å². The minimum atomic E-state index is -1.09. The van der Waals surface area contributed by atoms with E-state index >= 15 is 0 Å². The van der Waals surface area contributed by atoms with Crippen molar-refractivity contribution in [2.75, 3.05) is 0 Å². The summed E-state index contributed by atoms with van der Waals surface area (Å²) < 4.78 is 26.8. The molecule has 0 saturated heterocycles. The van der Waals surface area contributed by atoms with Gasteiger partial charge in [0.1, 0.15) is 16.5 Å². The van der Waals surface area contributed by atoms with E-state index in [9.17, 15) is 18.4 Å². The van der Waals surface area contributed by atoms with Gasteiger partial charge in [-0.05, 0) is 31.0 Å². The minimum absolute atomic E-state index is 0.0160. The third kappa shape index (κ3) is 3.39. The van der Waals surface area contributed by atoms with Crippen LogP contribution in [0.5, 0.6) is 0 Å². The number of carboxylic acids is 1. The van der Waals surface area contributed by atoms with E-state index in [-0.39, 0.29) is 28.9 Å².